The van der Waals surface area contributed by atoms with Gasteiger partial charge in [-0.15, -0.1) is 0 Å². The Bertz CT molecular complexity index is 1020. The lowest BCUT2D eigenvalue weighted by molar-refractivity contribution is 0.155. The molecular weight excluding hydrogens is 404 g/mol. The zero-order valence-electron chi connectivity index (χ0n) is 17.2. The van der Waals surface area contributed by atoms with E-state index in [1.807, 2.05) is 24.3 Å². The molecule has 8 heteroatoms. The van der Waals surface area contributed by atoms with Gasteiger partial charge in [-0.3, -0.25) is 15.8 Å². The lowest BCUT2D eigenvalue weighted by Crippen LogP contribution is -2.37. The average molecular weight is 427 g/mol. The van der Waals surface area contributed by atoms with Gasteiger partial charge in [0, 0.05) is 17.8 Å². The number of carbonyl (C=O) groups is 1. The minimum absolute atomic E-state index is 0.252. The first-order valence-electron chi connectivity index (χ1n) is 9.65. The standard InChI is InChI=1S/C23H23F2N3O3/c1-3-31-23(29)26-19-14-22(17-7-10-20(30-2)11-8-17)27-28(15-19)12-4-5-16-6-9-18(24)13-21(16)25/h4-11,13-15,27H,3,12H2,1-2H3,(H,26,29). The molecule has 0 aliphatic carbocycles. The summed E-state index contributed by atoms with van der Waals surface area (Å²) in [5.41, 5.74) is 5.63. The molecule has 0 bridgehead atoms. The van der Waals surface area contributed by atoms with Gasteiger partial charge in [0.25, 0.3) is 0 Å². The molecule has 0 spiro atoms. The van der Waals surface area contributed by atoms with Crippen LogP contribution in [0.15, 0.2) is 66.5 Å². The number of alkyl carbamates (subject to hydrolysis) is 1. The topological polar surface area (TPSA) is 62.8 Å². The maximum Gasteiger partial charge on any atom is 0.411 e. The number of hydrazine groups is 1. The summed E-state index contributed by atoms with van der Waals surface area (Å²) in [5.74, 6) is -0.539. The maximum atomic E-state index is 13.8. The van der Waals surface area contributed by atoms with E-state index in [4.69, 9.17) is 9.47 Å². The van der Waals surface area contributed by atoms with Crippen molar-refractivity contribution >= 4 is 17.9 Å². The second-order valence-electron chi connectivity index (χ2n) is 6.55. The SMILES string of the molecule is CCOC(=O)NC1=CN(CC=Cc2ccc(F)cc2F)NC(c2ccc(OC)cc2)=C1. The van der Waals surface area contributed by atoms with Crippen LogP contribution in [-0.2, 0) is 4.74 Å². The first-order chi connectivity index (χ1) is 15.0. The number of nitrogens with one attached hydrogen (secondary N) is 2. The Hall–Kier alpha value is -3.81. The second kappa shape index (κ2) is 10.3. The Balaban J connectivity index is 1.78. The van der Waals surface area contributed by atoms with Crippen LogP contribution in [-0.4, -0.2) is 31.4 Å². The summed E-state index contributed by atoms with van der Waals surface area (Å²) >= 11 is 0. The molecule has 1 heterocycles. The highest BCUT2D eigenvalue weighted by Crippen LogP contribution is 2.21. The predicted molar refractivity (Wildman–Crippen MR) is 114 cm³/mol. The van der Waals surface area contributed by atoms with E-state index in [9.17, 15) is 13.6 Å². The third-order valence-electron chi connectivity index (χ3n) is 4.34. The van der Waals surface area contributed by atoms with E-state index >= 15 is 0 Å². The fraction of sp³-hybridized carbons (Fsp3) is 0.174. The number of allylic oxidation sites excluding steroid dienone is 1. The first-order valence-corrected chi connectivity index (χ1v) is 9.65. The maximum absolute atomic E-state index is 13.8. The molecule has 0 saturated carbocycles. The lowest BCUT2D eigenvalue weighted by Gasteiger charge is -2.28. The fourth-order valence-corrected chi connectivity index (χ4v) is 2.88. The van der Waals surface area contributed by atoms with Crippen LogP contribution < -0.4 is 15.5 Å². The van der Waals surface area contributed by atoms with Crippen molar-refractivity contribution in [3.8, 4) is 5.75 Å². The van der Waals surface area contributed by atoms with E-state index in [0.717, 1.165) is 23.1 Å². The van der Waals surface area contributed by atoms with Crippen LogP contribution in [0.25, 0.3) is 11.8 Å². The molecule has 0 aromatic heterocycles. The minimum Gasteiger partial charge on any atom is -0.497 e. The summed E-state index contributed by atoms with van der Waals surface area (Å²) in [7, 11) is 1.59. The molecule has 1 amide bonds. The zero-order valence-corrected chi connectivity index (χ0v) is 17.2. The van der Waals surface area contributed by atoms with Crippen molar-refractivity contribution in [2.45, 2.75) is 6.92 Å². The van der Waals surface area contributed by atoms with Gasteiger partial charge in [-0.1, -0.05) is 12.2 Å². The average Bonchev–Trinajstić information content (AvgIpc) is 2.75. The van der Waals surface area contributed by atoms with Gasteiger partial charge < -0.3 is 9.47 Å². The number of methoxy groups -OCH3 is 1. The Morgan fingerprint density at radius 3 is 2.65 bits per heavy atom. The highest BCUT2D eigenvalue weighted by molar-refractivity contribution is 5.74. The van der Waals surface area contributed by atoms with Crippen LogP contribution in [0.2, 0.25) is 0 Å². The number of rotatable bonds is 7. The van der Waals surface area contributed by atoms with E-state index in [-0.39, 0.29) is 12.2 Å². The molecule has 1 aliphatic heterocycles. The number of halogens is 2. The Morgan fingerprint density at radius 2 is 1.97 bits per heavy atom. The van der Waals surface area contributed by atoms with Crippen molar-refractivity contribution < 1.29 is 23.0 Å². The summed E-state index contributed by atoms with van der Waals surface area (Å²) < 4.78 is 37.0. The van der Waals surface area contributed by atoms with Crippen LogP contribution in [0.4, 0.5) is 13.6 Å². The quantitative estimate of drug-likeness (QED) is 0.684. The van der Waals surface area contributed by atoms with Crippen LogP contribution >= 0.6 is 0 Å². The van der Waals surface area contributed by atoms with Crippen molar-refractivity contribution in [3.63, 3.8) is 0 Å². The number of hydrogen-bond acceptors (Lipinski definition) is 5. The van der Waals surface area contributed by atoms with Crippen molar-refractivity contribution in [2.75, 3.05) is 20.3 Å². The predicted octanol–water partition coefficient (Wildman–Crippen LogP) is 4.44. The molecule has 0 unspecified atom stereocenters. The first kappa shape index (κ1) is 21.9. The molecule has 6 nitrogen and oxygen atoms in total. The summed E-state index contributed by atoms with van der Waals surface area (Å²) in [6.45, 7) is 2.32. The van der Waals surface area contributed by atoms with Crippen LogP contribution in [0, 0.1) is 11.6 Å². The summed E-state index contributed by atoms with van der Waals surface area (Å²) in [4.78, 5) is 11.9. The Labute approximate surface area is 179 Å². The number of carbonyl (C=O) groups excluding carboxylic acids is 1. The molecule has 0 radical (unpaired) electrons. The molecular formula is C23H23F2N3O3. The van der Waals surface area contributed by atoms with Gasteiger partial charge in [-0.05, 0) is 55.0 Å². The lowest BCUT2D eigenvalue weighted by atomic mass is 10.1. The summed E-state index contributed by atoms with van der Waals surface area (Å²) in [5, 5.41) is 4.41. The molecule has 0 saturated heterocycles. The monoisotopic (exact) mass is 427 g/mol. The molecule has 31 heavy (non-hydrogen) atoms. The van der Waals surface area contributed by atoms with Gasteiger partial charge in [-0.2, -0.15) is 0 Å². The van der Waals surface area contributed by atoms with Gasteiger partial charge in [0.15, 0.2) is 0 Å². The van der Waals surface area contributed by atoms with E-state index in [2.05, 4.69) is 10.7 Å². The summed E-state index contributed by atoms with van der Waals surface area (Å²) in [6.07, 6.45) is 6.19. The highest BCUT2D eigenvalue weighted by atomic mass is 19.1. The molecule has 0 atom stereocenters. The molecule has 0 fully saturated rings. The molecule has 2 aromatic carbocycles. The third-order valence-corrected chi connectivity index (χ3v) is 4.34. The molecule has 2 aromatic rings. The Kier molecular flexibility index (Phi) is 7.26. The number of nitrogens with zero attached hydrogens (tertiary/aromatic N) is 1. The smallest absolute Gasteiger partial charge is 0.411 e. The van der Waals surface area contributed by atoms with E-state index < -0.39 is 17.7 Å². The number of benzene rings is 2. The van der Waals surface area contributed by atoms with Crippen molar-refractivity contribution in [3.05, 3.63) is 89.3 Å². The number of hydrogen-bond donors (Lipinski definition) is 2. The second-order valence-corrected chi connectivity index (χ2v) is 6.55. The number of ether oxygens (including phenoxy) is 2. The normalized spacial score (nSPS) is 13.4. The van der Waals surface area contributed by atoms with Gasteiger partial charge in [0.2, 0.25) is 0 Å². The van der Waals surface area contributed by atoms with Crippen molar-refractivity contribution in [1.82, 2.24) is 15.8 Å². The van der Waals surface area contributed by atoms with Gasteiger partial charge >= 0.3 is 6.09 Å². The van der Waals surface area contributed by atoms with Gasteiger partial charge in [-0.25, -0.2) is 13.6 Å². The highest BCUT2D eigenvalue weighted by Gasteiger charge is 2.14. The third kappa shape index (κ3) is 6.08. The largest absolute Gasteiger partial charge is 0.497 e. The van der Waals surface area contributed by atoms with Crippen LogP contribution in [0.5, 0.6) is 5.75 Å². The van der Waals surface area contributed by atoms with E-state index in [1.54, 1.807) is 43.5 Å². The van der Waals surface area contributed by atoms with Gasteiger partial charge in [0.05, 0.1) is 31.7 Å². The summed E-state index contributed by atoms with van der Waals surface area (Å²) in [6, 6.07) is 10.8. The minimum atomic E-state index is -0.637. The van der Waals surface area contributed by atoms with Crippen molar-refractivity contribution in [2.24, 2.45) is 0 Å². The molecule has 3 rings (SSSR count). The van der Waals surface area contributed by atoms with Crippen LogP contribution in [0.3, 0.4) is 0 Å². The fourth-order valence-electron chi connectivity index (χ4n) is 2.88. The number of amides is 1. The molecule has 1 aliphatic rings. The Morgan fingerprint density at radius 1 is 1.19 bits per heavy atom. The zero-order chi connectivity index (χ0) is 22.2. The van der Waals surface area contributed by atoms with E-state index in [0.29, 0.717) is 12.2 Å². The van der Waals surface area contributed by atoms with E-state index in [1.165, 1.54) is 12.1 Å². The molecule has 2 N–H and O–H groups in total. The van der Waals surface area contributed by atoms with Crippen LogP contribution in [0.1, 0.15) is 18.1 Å². The van der Waals surface area contributed by atoms with Gasteiger partial charge in [0.1, 0.15) is 17.4 Å². The van der Waals surface area contributed by atoms with Crippen molar-refractivity contribution in [1.29, 1.82) is 0 Å². The molecule has 162 valence electrons.